The number of nitriles is 1. The largest absolute Gasteiger partial charge is 0.487 e. The van der Waals surface area contributed by atoms with Crippen LogP contribution in [0.4, 0.5) is 0 Å². The number of rotatable bonds is 5. The summed E-state index contributed by atoms with van der Waals surface area (Å²) in [6, 6.07) is 13.0. The van der Waals surface area contributed by atoms with Crippen molar-refractivity contribution in [3.63, 3.8) is 0 Å². The van der Waals surface area contributed by atoms with Gasteiger partial charge in [-0.3, -0.25) is 0 Å². The number of nitrogens with one attached hydrogen (secondary N) is 1. The van der Waals surface area contributed by atoms with E-state index >= 15 is 0 Å². The van der Waals surface area contributed by atoms with E-state index in [9.17, 15) is 5.26 Å². The Morgan fingerprint density at radius 2 is 2.12 bits per heavy atom. The van der Waals surface area contributed by atoms with Crippen LogP contribution in [0, 0.1) is 11.3 Å². The van der Waals surface area contributed by atoms with E-state index in [4.69, 9.17) is 27.9 Å². The average molecular weight is 370 g/mol. The fourth-order valence-corrected chi connectivity index (χ4v) is 2.94. The highest BCUT2D eigenvalue weighted by Gasteiger charge is 2.13. The van der Waals surface area contributed by atoms with Crippen LogP contribution in [0.2, 0.25) is 10.0 Å². The van der Waals surface area contributed by atoms with Crippen LogP contribution in [-0.4, -0.2) is 16.6 Å². The number of para-hydroxylation sites is 2. The van der Waals surface area contributed by atoms with Crippen molar-refractivity contribution < 1.29 is 4.74 Å². The Bertz CT molecular complexity index is 982. The van der Waals surface area contributed by atoms with Gasteiger partial charge in [0.15, 0.2) is 0 Å². The van der Waals surface area contributed by atoms with Gasteiger partial charge < -0.3 is 9.72 Å². The lowest BCUT2D eigenvalue weighted by Gasteiger charge is -2.10. The Kier molecular flexibility index (Phi) is 5.08. The summed E-state index contributed by atoms with van der Waals surface area (Å²) >= 11 is 12.3. The minimum Gasteiger partial charge on any atom is -0.487 e. The molecule has 6 heteroatoms. The van der Waals surface area contributed by atoms with Crippen molar-refractivity contribution in [2.75, 3.05) is 6.61 Å². The minimum atomic E-state index is 0.286. The molecule has 1 heterocycles. The number of benzene rings is 2. The number of imidazole rings is 1. The first kappa shape index (κ1) is 17.1. The number of aromatic nitrogens is 2. The topological polar surface area (TPSA) is 61.7 Å². The van der Waals surface area contributed by atoms with Crippen LogP contribution in [0.3, 0.4) is 0 Å². The molecule has 0 aliphatic carbocycles. The molecule has 3 rings (SSSR count). The quantitative estimate of drug-likeness (QED) is 0.477. The molecule has 2 aromatic carbocycles. The highest BCUT2D eigenvalue weighted by molar-refractivity contribution is 6.36. The molecule has 1 aromatic heterocycles. The second-order valence-electron chi connectivity index (χ2n) is 5.18. The Hall–Kier alpha value is -2.74. The molecule has 0 amide bonds. The summed E-state index contributed by atoms with van der Waals surface area (Å²) in [4.78, 5) is 7.58. The molecule has 0 unspecified atom stereocenters. The van der Waals surface area contributed by atoms with Crippen LogP contribution in [0.5, 0.6) is 5.75 Å². The molecule has 0 atom stereocenters. The number of H-pyrrole nitrogens is 1. The van der Waals surface area contributed by atoms with Gasteiger partial charge in [-0.1, -0.05) is 48.0 Å². The van der Waals surface area contributed by atoms with E-state index in [-0.39, 0.29) is 6.61 Å². The lowest BCUT2D eigenvalue weighted by molar-refractivity contribution is 0.362. The van der Waals surface area contributed by atoms with Gasteiger partial charge in [0, 0.05) is 10.6 Å². The number of ether oxygens (including phenoxy) is 1. The first-order chi connectivity index (χ1) is 12.1. The van der Waals surface area contributed by atoms with Crippen LogP contribution in [0.25, 0.3) is 22.7 Å². The Morgan fingerprint density at radius 3 is 2.84 bits per heavy atom. The van der Waals surface area contributed by atoms with E-state index in [1.165, 1.54) is 0 Å². The smallest absolute Gasteiger partial charge is 0.149 e. The molecule has 4 nitrogen and oxygen atoms in total. The fourth-order valence-electron chi connectivity index (χ4n) is 2.37. The van der Waals surface area contributed by atoms with E-state index in [1.54, 1.807) is 24.3 Å². The van der Waals surface area contributed by atoms with Crippen LogP contribution >= 0.6 is 23.2 Å². The maximum absolute atomic E-state index is 9.57. The summed E-state index contributed by atoms with van der Waals surface area (Å²) in [5, 5.41) is 10.4. The molecule has 0 radical (unpaired) electrons. The van der Waals surface area contributed by atoms with E-state index in [1.807, 2.05) is 24.3 Å². The molecular formula is C19H13Cl2N3O. The molecule has 124 valence electrons. The standard InChI is InChI=1S/C19H13Cl2N3O/c1-2-7-25-18-12(9-14(20)10-15(18)21)8-13(11-22)19-23-16-5-3-4-6-17(16)24-19/h2-6,8-10H,1,7H2,(H,23,24)/b13-8+. The van der Waals surface area contributed by atoms with Crippen LogP contribution in [-0.2, 0) is 0 Å². The Morgan fingerprint density at radius 1 is 1.32 bits per heavy atom. The lowest BCUT2D eigenvalue weighted by atomic mass is 10.1. The summed E-state index contributed by atoms with van der Waals surface area (Å²) in [7, 11) is 0. The summed E-state index contributed by atoms with van der Waals surface area (Å²) in [6.45, 7) is 3.91. The van der Waals surface area contributed by atoms with Crippen molar-refractivity contribution >= 4 is 45.9 Å². The van der Waals surface area contributed by atoms with Gasteiger partial charge in [-0.15, -0.1) is 0 Å². The zero-order chi connectivity index (χ0) is 17.8. The van der Waals surface area contributed by atoms with Crippen molar-refractivity contribution in [1.82, 2.24) is 9.97 Å². The van der Waals surface area contributed by atoms with Gasteiger partial charge in [0.25, 0.3) is 0 Å². The highest BCUT2D eigenvalue weighted by Crippen LogP contribution is 2.35. The van der Waals surface area contributed by atoms with Crippen molar-refractivity contribution in [2.24, 2.45) is 0 Å². The molecule has 0 aliphatic heterocycles. The third-order valence-corrected chi connectivity index (χ3v) is 3.95. The number of hydrogen-bond acceptors (Lipinski definition) is 3. The summed E-state index contributed by atoms with van der Waals surface area (Å²) in [6.07, 6.45) is 3.26. The number of fused-ring (bicyclic) bond motifs is 1. The fraction of sp³-hybridized carbons (Fsp3) is 0.0526. The molecule has 0 bridgehead atoms. The molecule has 0 saturated carbocycles. The van der Waals surface area contributed by atoms with Crippen LogP contribution in [0.15, 0.2) is 49.1 Å². The van der Waals surface area contributed by atoms with Gasteiger partial charge >= 0.3 is 0 Å². The van der Waals surface area contributed by atoms with Gasteiger partial charge in [-0.25, -0.2) is 4.98 Å². The zero-order valence-electron chi connectivity index (χ0n) is 13.1. The number of halogens is 2. The summed E-state index contributed by atoms with van der Waals surface area (Å²) in [5.41, 5.74) is 2.58. The van der Waals surface area contributed by atoms with Crippen LogP contribution in [0.1, 0.15) is 11.4 Å². The van der Waals surface area contributed by atoms with Crippen molar-refractivity contribution in [2.45, 2.75) is 0 Å². The SMILES string of the molecule is C=CCOc1c(Cl)cc(Cl)cc1/C=C(\C#N)c1nc2ccccc2[nH]1. The molecule has 0 saturated heterocycles. The van der Waals surface area contributed by atoms with Gasteiger partial charge in [0.05, 0.1) is 21.6 Å². The molecule has 1 N–H and O–H groups in total. The number of allylic oxidation sites excluding steroid dienone is 1. The normalized spacial score (nSPS) is 11.3. The number of aromatic amines is 1. The lowest BCUT2D eigenvalue weighted by Crippen LogP contribution is -1.97. The summed E-state index contributed by atoms with van der Waals surface area (Å²) < 4.78 is 5.62. The molecule has 0 aliphatic rings. The third-order valence-electron chi connectivity index (χ3n) is 3.45. The second-order valence-corrected chi connectivity index (χ2v) is 6.02. The molecule has 0 spiro atoms. The first-order valence-corrected chi connectivity index (χ1v) is 8.17. The van der Waals surface area contributed by atoms with Crippen molar-refractivity contribution in [3.8, 4) is 11.8 Å². The molecule has 0 fully saturated rings. The predicted molar refractivity (Wildman–Crippen MR) is 102 cm³/mol. The van der Waals surface area contributed by atoms with E-state index in [2.05, 4.69) is 22.6 Å². The first-order valence-electron chi connectivity index (χ1n) is 7.42. The average Bonchev–Trinajstić information content (AvgIpc) is 3.02. The minimum absolute atomic E-state index is 0.286. The van der Waals surface area contributed by atoms with Crippen LogP contribution < -0.4 is 4.74 Å². The maximum atomic E-state index is 9.57. The number of nitrogens with zero attached hydrogens (tertiary/aromatic N) is 2. The predicted octanol–water partition coefficient (Wildman–Crippen LogP) is 5.50. The summed E-state index contributed by atoms with van der Waals surface area (Å²) in [5.74, 6) is 0.907. The van der Waals surface area contributed by atoms with E-state index in [0.29, 0.717) is 32.8 Å². The molecular weight excluding hydrogens is 357 g/mol. The van der Waals surface area contributed by atoms with E-state index < -0.39 is 0 Å². The number of hydrogen-bond donors (Lipinski definition) is 1. The van der Waals surface area contributed by atoms with E-state index in [0.717, 1.165) is 11.0 Å². The monoisotopic (exact) mass is 369 g/mol. The van der Waals surface area contributed by atoms with Gasteiger partial charge in [-0.2, -0.15) is 5.26 Å². The van der Waals surface area contributed by atoms with Gasteiger partial charge in [0.1, 0.15) is 24.3 Å². The third kappa shape index (κ3) is 3.69. The maximum Gasteiger partial charge on any atom is 0.149 e. The zero-order valence-corrected chi connectivity index (χ0v) is 14.6. The Labute approximate surface area is 155 Å². The second kappa shape index (κ2) is 7.43. The Balaban J connectivity index is 2.10. The van der Waals surface area contributed by atoms with Gasteiger partial charge in [0.2, 0.25) is 0 Å². The molecule has 25 heavy (non-hydrogen) atoms. The van der Waals surface area contributed by atoms with Crippen molar-refractivity contribution in [1.29, 1.82) is 5.26 Å². The highest BCUT2D eigenvalue weighted by atomic mass is 35.5. The molecule has 3 aromatic rings. The van der Waals surface area contributed by atoms with Gasteiger partial charge in [-0.05, 0) is 30.3 Å². The van der Waals surface area contributed by atoms with Crippen molar-refractivity contribution in [3.05, 3.63) is 70.5 Å².